The van der Waals surface area contributed by atoms with Crippen LogP contribution in [0.5, 0.6) is 0 Å². The Hall–Kier alpha value is -1.33. The maximum atomic E-state index is 10.9. The van der Waals surface area contributed by atoms with E-state index >= 15 is 0 Å². The van der Waals surface area contributed by atoms with Gasteiger partial charge >= 0.3 is 5.97 Å². The predicted octanol–water partition coefficient (Wildman–Crippen LogP) is 2.99. The summed E-state index contributed by atoms with van der Waals surface area (Å²) >= 11 is 3.00. The minimum absolute atomic E-state index is 0.107. The molecule has 0 aliphatic rings. The third-order valence-electron chi connectivity index (χ3n) is 1.68. The van der Waals surface area contributed by atoms with E-state index in [1.807, 2.05) is 17.5 Å². The molecule has 0 saturated heterocycles. The van der Waals surface area contributed by atoms with Crippen molar-refractivity contribution in [2.45, 2.75) is 9.10 Å². The lowest BCUT2D eigenvalue weighted by Crippen LogP contribution is -2.01. The van der Waals surface area contributed by atoms with Crippen LogP contribution in [-0.4, -0.2) is 16.1 Å². The quantitative estimate of drug-likeness (QED) is 0.891. The Morgan fingerprint density at radius 2 is 2.27 bits per heavy atom. The van der Waals surface area contributed by atoms with Gasteiger partial charge < -0.3 is 5.11 Å². The van der Waals surface area contributed by atoms with E-state index in [4.69, 9.17) is 5.11 Å². The fourth-order valence-corrected chi connectivity index (χ4v) is 2.89. The van der Waals surface area contributed by atoms with Gasteiger partial charge in [-0.3, -0.25) is 0 Å². The molecule has 0 atom stereocenters. The van der Waals surface area contributed by atoms with Crippen molar-refractivity contribution >= 4 is 29.1 Å². The molecule has 15 heavy (non-hydrogen) atoms. The number of hydrogen-bond donors (Lipinski definition) is 1. The number of aromatic carboxylic acids is 1. The van der Waals surface area contributed by atoms with E-state index in [-0.39, 0.29) is 5.69 Å². The molecule has 2 heterocycles. The van der Waals surface area contributed by atoms with E-state index in [9.17, 15) is 4.79 Å². The molecule has 2 aromatic rings. The van der Waals surface area contributed by atoms with E-state index in [0.717, 1.165) is 4.21 Å². The standard InChI is InChI=1S/C10H7NO2S2/c12-10(13)9-7(3-1-5-11-9)15-8-4-2-6-14-8/h1-6H,(H,12,13). The van der Waals surface area contributed by atoms with Crippen LogP contribution in [-0.2, 0) is 0 Å². The van der Waals surface area contributed by atoms with Gasteiger partial charge in [0.15, 0.2) is 5.69 Å². The fraction of sp³-hybridized carbons (Fsp3) is 0. The van der Waals surface area contributed by atoms with Crippen LogP contribution < -0.4 is 0 Å². The second kappa shape index (κ2) is 4.46. The first-order valence-corrected chi connectivity index (χ1v) is 5.86. The van der Waals surface area contributed by atoms with Crippen LogP contribution in [0.15, 0.2) is 44.9 Å². The first-order chi connectivity index (χ1) is 7.27. The molecule has 1 N–H and O–H groups in total. The van der Waals surface area contributed by atoms with Gasteiger partial charge in [-0.05, 0) is 23.6 Å². The molecule has 0 spiro atoms. The van der Waals surface area contributed by atoms with Gasteiger partial charge in [0.1, 0.15) is 0 Å². The zero-order chi connectivity index (χ0) is 10.7. The summed E-state index contributed by atoms with van der Waals surface area (Å²) < 4.78 is 1.06. The second-order valence-electron chi connectivity index (χ2n) is 2.69. The summed E-state index contributed by atoms with van der Waals surface area (Å²) in [5, 5.41) is 10.9. The number of carboxylic acid groups (broad SMARTS) is 1. The van der Waals surface area contributed by atoms with Crippen LogP contribution in [0.25, 0.3) is 0 Å². The average molecular weight is 237 g/mol. The summed E-state index contributed by atoms with van der Waals surface area (Å²) in [7, 11) is 0. The second-order valence-corrected chi connectivity index (χ2v) is 4.98. The molecule has 5 heteroatoms. The van der Waals surface area contributed by atoms with Crippen molar-refractivity contribution < 1.29 is 9.90 Å². The van der Waals surface area contributed by atoms with Gasteiger partial charge in [0.25, 0.3) is 0 Å². The van der Waals surface area contributed by atoms with E-state index < -0.39 is 5.97 Å². The van der Waals surface area contributed by atoms with Crippen molar-refractivity contribution in [3.63, 3.8) is 0 Å². The average Bonchev–Trinajstić information content (AvgIpc) is 2.71. The molecule has 0 aliphatic heterocycles. The number of aromatic nitrogens is 1. The molecular weight excluding hydrogens is 230 g/mol. The monoisotopic (exact) mass is 237 g/mol. The topological polar surface area (TPSA) is 50.2 Å². The minimum Gasteiger partial charge on any atom is -0.476 e. The Labute approximate surface area is 94.8 Å². The Morgan fingerprint density at radius 1 is 1.40 bits per heavy atom. The Bertz CT molecular complexity index is 468. The molecule has 0 amide bonds. The lowest BCUT2D eigenvalue weighted by Gasteiger charge is -2.01. The van der Waals surface area contributed by atoms with E-state index in [1.54, 1.807) is 23.5 Å². The third kappa shape index (κ3) is 2.37. The number of carbonyl (C=O) groups is 1. The molecule has 0 aliphatic carbocycles. The van der Waals surface area contributed by atoms with Crippen LogP contribution in [0.3, 0.4) is 0 Å². The summed E-state index contributed by atoms with van der Waals surface area (Å²) in [5.74, 6) is -0.991. The predicted molar refractivity (Wildman–Crippen MR) is 59.6 cm³/mol. The largest absolute Gasteiger partial charge is 0.476 e. The first-order valence-electron chi connectivity index (χ1n) is 4.17. The van der Waals surface area contributed by atoms with Crippen molar-refractivity contribution in [1.29, 1.82) is 0 Å². The summed E-state index contributed by atoms with van der Waals surface area (Å²) in [5.41, 5.74) is 0.107. The summed E-state index contributed by atoms with van der Waals surface area (Å²) in [6, 6.07) is 7.39. The van der Waals surface area contributed by atoms with Crippen molar-refractivity contribution in [3.05, 3.63) is 41.5 Å². The maximum Gasteiger partial charge on any atom is 0.355 e. The lowest BCUT2D eigenvalue weighted by atomic mass is 10.3. The van der Waals surface area contributed by atoms with Crippen LogP contribution in [0.4, 0.5) is 0 Å². The van der Waals surface area contributed by atoms with Gasteiger partial charge in [0.2, 0.25) is 0 Å². The minimum atomic E-state index is -0.991. The molecule has 0 saturated carbocycles. The molecule has 76 valence electrons. The van der Waals surface area contributed by atoms with Gasteiger partial charge in [-0.25, -0.2) is 9.78 Å². The van der Waals surface area contributed by atoms with E-state index in [0.29, 0.717) is 4.90 Å². The Balaban J connectivity index is 2.32. The summed E-state index contributed by atoms with van der Waals surface area (Å²) in [6.07, 6.45) is 1.49. The van der Waals surface area contributed by atoms with Crippen molar-refractivity contribution in [3.8, 4) is 0 Å². The van der Waals surface area contributed by atoms with Crippen LogP contribution >= 0.6 is 23.1 Å². The molecule has 2 rings (SSSR count). The smallest absolute Gasteiger partial charge is 0.355 e. The van der Waals surface area contributed by atoms with Crippen LogP contribution in [0.1, 0.15) is 10.5 Å². The first kappa shape index (κ1) is 10.2. The van der Waals surface area contributed by atoms with Crippen LogP contribution in [0.2, 0.25) is 0 Å². The number of carboxylic acids is 1. The highest BCUT2D eigenvalue weighted by Crippen LogP contribution is 2.32. The van der Waals surface area contributed by atoms with Gasteiger partial charge in [-0.1, -0.05) is 17.8 Å². The molecule has 3 nitrogen and oxygen atoms in total. The van der Waals surface area contributed by atoms with Gasteiger partial charge in [-0.15, -0.1) is 11.3 Å². The number of thiophene rings is 1. The highest BCUT2D eigenvalue weighted by molar-refractivity contribution is 8.01. The number of nitrogens with zero attached hydrogens (tertiary/aromatic N) is 1. The highest BCUT2D eigenvalue weighted by atomic mass is 32.2. The fourth-order valence-electron chi connectivity index (χ4n) is 1.06. The van der Waals surface area contributed by atoms with Gasteiger partial charge in [-0.2, -0.15) is 0 Å². The van der Waals surface area contributed by atoms with Crippen molar-refractivity contribution in [1.82, 2.24) is 4.98 Å². The molecule has 0 radical (unpaired) electrons. The van der Waals surface area contributed by atoms with Gasteiger partial charge in [0, 0.05) is 11.1 Å². The van der Waals surface area contributed by atoms with E-state index in [2.05, 4.69) is 4.98 Å². The molecule has 0 fully saturated rings. The van der Waals surface area contributed by atoms with Crippen molar-refractivity contribution in [2.75, 3.05) is 0 Å². The highest BCUT2D eigenvalue weighted by Gasteiger charge is 2.11. The zero-order valence-corrected chi connectivity index (χ0v) is 9.22. The molecule has 0 aromatic carbocycles. The maximum absolute atomic E-state index is 10.9. The van der Waals surface area contributed by atoms with Crippen LogP contribution in [0, 0.1) is 0 Å². The third-order valence-corrected chi connectivity index (χ3v) is 3.77. The Kier molecular flexibility index (Phi) is 3.03. The molecule has 0 bridgehead atoms. The lowest BCUT2D eigenvalue weighted by molar-refractivity contribution is 0.0686. The molecular formula is C10H7NO2S2. The number of pyridine rings is 1. The SMILES string of the molecule is O=C(O)c1ncccc1Sc1cccs1. The van der Waals surface area contributed by atoms with E-state index in [1.165, 1.54) is 18.0 Å². The van der Waals surface area contributed by atoms with Crippen molar-refractivity contribution in [2.24, 2.45) is 0 Å². The molecule has 0 unspecified atom stereocenters. The zero-order valence-electron chi connectivity index (χ0n) is 7.58. The van der Waals surface area contributed by atoms with Gasteiger partial charge in [0.05, 0.1) is 4.21 Å². The Morgan fingerprint density at radius 3 is 2.93 bits per heavy atom. The summed E-state index contributed by atoms with van der Waals surface area (Å²) in [4.78, 5) is 15.4. The normalized spacial score (nSPS) is 10.1. The number of hydrogen-bond acceptors (Lipinski definition) is 4. The molecule has 2 aromatic heterocycles. The summed E-state index contributed by atoms with van der Waals surface area (Å²) in [6.45, 7) is 0. The number of rotatable bonds is 3.